The first kappa shape index (κ1) is 12.2. The van der Waals surface area contributed by atoms with Crippen LogP contribution < -0.4 is 0 Å². The SMILES string of the molecule is CCOC(=O)[C@](F)(CO)C(F)(F)F. The molecule has 0 aromatic carbocycles. The van der Waals surface area contributed by atoms with E-state index in [0.29, 0.717) is 0 Å². The molecule has 0 heterocycles. The number of aliphatic hydroxyl groups is 1. The summed E-state index contributed by atoms with van der Waals surface area (Å²) in [6.45, 7) is -1.14. The van der Waals surface area contributed by atoms with Gasteiger partial charge in [0.05, 0.1) is 13.2 Å². The molecule has 1 atom stereocenters. The number of ether oxygens (including phenoxy) is 1. The number of alkyl halides is 4. The Bertz CT molecular complexity index is 191. The van der Waals surface area contributed by atoms with Crippen LogP contribution >= 0.6 is 0 Å². The molecule has 7 heteroatoms. The highest BCUT2D eigenvalue weighted by Crippen LogP contribution is 2.34. The monoisotopic (exact) mass is 204 g/mol. The summed E-state index contributed by atoms with van der Waals surface area (Å²) in [5, 5.41) is 8.12. The first-order chi connectivity index (χ1) is 5.79. The largest absolute Gasteiger partial charge is 0.463 e. The number of rotatable bonds is 3. The van der Waals surface area contributed by atoms with Crippen LogP contribution in [-0.4, -0.2) is 36.1 Å². The molecule has 0 fully saturated rings. The molecule has 78 valence electrons. The van der Waals surface area contributed by atoms with E-state index in [1.807, 2.05) is 0 Å². The van der Waals surface area contributed by atoms with Crippen molar-refractivity contribution in [2.45, 2.75) is 18.8 Å². The second-order valence-corrected chi connectivity index (χ2v) is 2.18. The quantitative estimate of drug-likeness (QED) is 0.546. The molecule has 0 radical (unpaired) electrons. The third-order valence-electron chi connectivity index (χ3n) is 1.27. The highest BCUT2D eigenvalue weighted by atomic mass is 19.4. The number of carbonyl (C=O) groups is 1. The zero-order valence-corrected chi connectivity index (χ0v) is 6.69. The maximum atomic E-state index is 12.8. The Labute approximate surface area is 71.3 Å². The number of carbonyl (C=O) groups excluding carboxylic acids is 1. The predicted octanol–water partition coefficient (Wildman–Crippen LogP) is 0.812. The maximum absolute atomic E-state index is 12.8. The van der Waals surface area contributed by atoms with E-state index < -0.39 is 24.4 Å². The molecule has 1 N–H and O–H groups in total. The van der Waals surface area contributed by atoms with Gasteiger partial charge in [0, 0.05) is 0 Å². The second-order valence-electron chi connectivity index (χ2n) is 2.18. The van der Waals surface area contributed by atoms with Crippen molar-refractivity contribution in [1.82, 2.24) is 0 Å². The van der Waals surface area contributed by atoms with Gasteiger partial charge in [-0.1, -0.05) is 0 Å². The molecule has 0 rings (SSSR count). The van der Waals surface area contributed by atoms with Gasteiger partial charge in [-0.3, -0.25) is 0 Å². The van der Waals surface area contributed by atoms with Crippen LogP contribution in [0.3, 0.4) is 0 Å². The van der Waals surface area contributed by atoms with Crippen molar-refractivity contribution in [2.24, 2.45) is 0 Å². The lowest BCUT2D eigenvalue weighted by Gasteiger charge is -2.23. The smallest absolute Gasteiger partial charge is 0.435 e. The van der Waals surface area contributed by atoms with Crippen molar-refractivity contribution in [2.75, 3.05) is 13.2 Å². The van der Waals surface area contributed by atoms with Gasteiger partial charge in [0.15, 0.2) is 0 Å². The van der Waals surface area contributed by atoms with Crippen LogP contribution in [0.4, 0.5) is 17.6 Å². The lowest BCUT2D eigenvalue weighted by molar-refractivity contribution is -0.246. The summed E-state index contributed by atoms with van der Waals surface area (Å²) < 4.78 is 52.1. The Hall–Kier alpha value is -0.850. The highest BCUT2D eigenvalue weighted by molar-refractivity contribution is 5.80. The van der Waals surface area contributed by atoms with E-state index in [1.165, 1.54) is 6.92 Å². The van der Waals surface area contributed by atoms with Gasteiger partial charge in [-0.05, 0) is 6.92 Å². The number of halogens is 4. The van der Waals surface area contributed by atoms with Gasteiger partial charge in [-0.15, -0.1) is 0 Å². The topological polar surface area (TPSA) is 46.5 Å². The standard InChI is InChI=1S/C6H8F4O3/c1-2-13-4(12)5(7,3-11)6(8,9)10/h11H,2-3H2,1H3/t5-/m1/s1. The molecule has 0 aliphatic heterocycles. The Morgan fingerprint density at radius 3 is 2.08 bits per heavy atom. The van der Waals surface area contributed by atoms with Gasteiger partial charge < -0.3 is 9.84 Å². The Morgan fingerprint density at radius 1 is 1.38 bits per heavy atom. The van der Waals surface area contributed by atoms with Crippen LogP contribution in [-0.2, 0) is 9.53 Å². The zero-order valence-electron chi connectivity index (χ0n) is 6.69. The molecule has 0 saturated carbocycles. The predicted molar refractivity (Wildman–Crippen MR) is 33.6 cm³/mol. The molecule has 0 aliphatic rings. The molecule has 0 unspecified atom stereocenters. The van der Waals surface area contributed by atoms with E-state index in [-0.39, 0.29) is 6.61 Å². The number of hydrogen-bond acceptors (Lipinski definition) is 3. The Balaban J connectivity index is 4.73. The summed E-state index contributed by atoms with van der Waals surface area (Å²) in [5.74, 6) is -2.12. The van der Waals surface area contributed by atoms with E-state index in [2.05, 4.69) is 4.74 Å². The van der Waals surface area contributed by atoms with Crippen LogP contribution in [0.5, 0.6) is 0 Å². The molecular weight excluding hydrogens is 196 g/mol. The van der Waals surface area contributed by atoms with E-state index in [0.717, 1.165) is 0 Å². The van der Waals surface area contributed by atoms with Crippen molar-refractivity contribution >= 4 is 5.97 Å². The van der Waals surface area contributed by atoms with E-state index in [1.54, 1.807) is 0 Å². The lowest BCUT2D eigenvalue weighted by atomic mass is 10.1. The second kappa shape index (κ2) is 3.91. The molecule has 3 nitrogen and oxygen atoms in total. The van der Waals surface area contributed by atoms with E-state index in [4.69, 9.17) is 5.11 Å². The average Bonchev–Trinajstić information content (AvgIpc) is 2.01. The first-order valence-electron chi connectivity index (χ1n) is 3.33. The Morgan fingerprint density at radius 2 is 1.85 bits per heavy atom. The van der Waals surface area contributed by atoms with Gasteiger partial charge >= 0.3 is 17.8 Å². The summed E-state index contributed by atoms with van der Waals surface area (Å²) in [6, 6.07) is 0. The lowest BCUT2D eigenvalue weighted by Crippen LogP contribution is -2.52. The first-order valence-corrected chi connectivity index (χ1v) is 3.33. The summed E-state index contributed by atoms with van der Waals surface area (Å²) in [5.41, 5.74) is -4.32. The normalized spacial score (nSPS) is 16.5. The van der Waals surface area contributed by atoms with Gasteiger partial charge in [-0.25, -0.2) is 9.18 Å². The molecule has 0 bridgehead atoms. The van der Waals surface area contributed by atoms with Gasteiger partial charge in [0.2, 0.25) is 0 Å². The van der Waals surface area contributed by atoms with Crippen LogP contribution in [0.15, 0.2) is 0 Å². The highest BCUT2D eigenvalue weighted by Gasteiger charge is 2.62. The van der Waals surface area contributed by atoms with E-state index >= 15 is 0 Å². The number of aliphatic hydroxyl groups excluding tert-OH is 1. The van der Waals surface area contributed by atoms with Crippen molar-refractivity contribution in [1.29, 1.82) is 0 Å². The molecule has 0 amide bonds. The average molecular weight is 204 g/mol. The van der Waals surface area contributed by atoms with Crippen molar-refractivity contribution in [3.8, 4) is 0 Å². The van der Waals surface area contributed by atoms with Crippen LogP contribution in [0.2, 0.25) is 0 Å². The molecule has 0 saturated heterocycles. The van der Waals surface area contributed by atoms with Crippen molar-refractivity contribution in [3.05, 3.63) is 0 Å². The van der Waals surface area contributed by atoms with Crippen molar-refractivity contribution in [3.63, 3.8) is 0 Å². The third-order valence-corrected chi connectivity index (χ3v) is 1.27. The fourth-order valence-corrected chi connectivity index (χ4v) is 0.515. The molecule has 0 spiro atoms. The Kier molecular flexibility index (Phi) is 3.65. The zero-order chi connectivity index (χ0) is 10.7. The van der Waals surface area contributed by atoms with Crippen molar-refractivity contribution < 1.29 is 32.2 Å². The van der Waals surface area contributed by atoms with E-state index in [9.17, 15) is 22.4 Å². The van der Waals surface area contributed by atoms with Crippen LogP contribution in [0.1, 0.15) is 6.92 Å². The molecule has 0 aliphatic carbocycles. The maximum Gasteiger partial charge on any atom is 0.435 e. The number of hydrogen-bond donors (Lipinski definition) is 1. The molecular formula is C6H8F4O3. The summed E-state index contributed by atoms with van der Waals surface area (Å²) in [6.07, 6.45) is -5.46. The fraction of sp³-hybridized carbons (Fsp3) is 0.833. The summed E-state index contributed by atoms with van der Waals surface area (Å²) >= 11 is 0. The minimum Gasteiger partial charge on any atom is -0.463 e. The molecule has 0 aromatic rings. The third kappa shape index (κ3) is 2.30. The summed E-state index contributed by atoms with van der Waals surface area (Å²) in [7, 11) is 0. The van der Waals surface area contributed by atoms with Gasteiger partial charge in [0.1, 0.15) is 0 Å². The van der Waals surface area contributed by atoms with Gasteiger partial charge in [-0.2, -0.15) is 13.2 Å². The van der Waals surface area contributed by atoms with Gasteiger partial charge in [0.25, 0.3) is 0 Å². The number of esters is 1. The molecule has 0 aromatic heterocycles. The van der Waals surface area contributed by atoms with Crippen LogP contribution in [0, 0.1) is 0 Å². The summed E-state index contributed by atoms with van der Waals surface area (Å²) in [4.78, 5) is 10.5. The molecule has 13 heavy (non-hydrogen) atoms. The minimum atomic E-state index is -5.46. The fourth-order valence-electron chi connectivity index (χ4n) is 0.515. The van der Waals surface area contributed by atoms with Crippen LogP contribution in [0.25, 0.3) is 0 Å². The minimum absolute atomic E-state index is 0.388.